The SMILES string of the molecule is C#C.C#CC.C#CC#CC.CC#CC.CNCCOc1ccc(-c2cc(-c3cn[nH]c3-c3cccc(C)n3)ccn2)cc1.Cc1cccc(-c2[nH]ncc2-c2ccnc(-c3ccc(OCCN(C)C(=O)OC(C)(C)C)cc3)c2)n1.Cc1cccc(-c2[nH]ncc2-c2ccnc(Br)c2)n1.Cc1cccc(C(=O)Cc2ccnc(Br)c2)n1.Cc1cccc(C2=NCC=C2c2ccnc(Br)c2)n1.Cc1ccnc(Br)c1.Cl.[B]. The summed E-state index contributed by atoms with van der Waals surface area (Å²) < 4.78 is 20.1. The first-order valence-electron chi connectivity index (χ1n) is 44.5. The van der Waals surface area contributed by atoms with Gasteiger partial charge in [0.15, 0.2) is 5.78 Å². The molecule has 14 aromatic heterocycles. The Morgan fingerprint density at radius 3 is 1.24 bits per heavy atom. The van der Waals surface area contributed by atoms with Crippen LogP contribution < -0.4 is 14.8 Å². The predicted octanol–water partition coefficient (Wildman–Crippen LogP) is 24.6. The molecule has 1 aliphatic heterocycles. The molecule has 15 heterocycles. The van der Waals surface area contributed by atoms with Crippen LogP contribution >= 0.6 is 76.1 Å². The molecule has 3 radical (unpaired) electrons. The third-order valence-corrected chi connectivity index (χ3v) is 21.2. The highest BCUT2D eigenvalue weighted by Gasteiger charge is 2.22. The number of hydrogen-bond donors (Lipinski definition) is 4. The first-order chi connectivity index (χ1) is 68.6. The highest BCUT2D eigenvalue weighted by atomic mass is 79.9. The minimum Gasteiger partial charge on any atom is -0.492 e. The minimum absolute atomic E-state index is 0. The normalized spacial score (nSPS) is 10.3. The van der Waals surface area contributed by atoms with Crippen LogP contribution in [0.4, 0.5) is 4.79 Å². The van der Waals surface area contributed by atoms with Crippen LogP contribution in [0.25, 0.3) is 95.6 Å². The number of likely N-dealkylation sites (N-methyl/N-ethyl adjacent to an activating group) is 2. The molecule has 25 nitrogen and oxygen atoms in total. The van der Waals surface area contributed by atoms with Crippen LogP contribution in [-0.4, -0.2) is 169 Å². The number of rotatable bonds is 21. The molecule has 2 aromatic carbocycles. The molecule has 0 fully saturated rings. The van der Waals surface area contributed by atoms with Gasteiger partial charge in [-0.25, -0.2) is 24.7 Å². The number of nitrogens with one attached hydrogen (secondary N) is 4. The zero-order chi connectivity index (χ0) is 103. The second kappa shape index (κ2) is 62.8. The number of ketones is 1. The lowest BCUT2D eigenvalue weighted by atomic mass is 10.0. The summed E-state index contributed by atoms with van der Waals surface area (Å²) in [6.07, 6.45) is 35.5. The van der Waals surface area contributed by atoms with Crippen molar-refractivity contribution in [2.45, 2.75) is 102 Å². The van der Waals surface area contributed by atoms with Crippen molar-refractivity contribution in [3.63, 3.8) is 0 Å². The summed E-state index contributed by atoms with van der Waals surface area (Å²) in [4.78, 5) is 78.0. The van der Waals surface area contributed by atoms with Crippen molar-refractivity contribution in [1.82, 2.24) is 95.6 Å². The van der Waals surface area contributed by atoms with E-state index in [9.17, 15) is 9.59 Å². The van der Waals surface area contributed by atoms with E-state index >= 15 is 0 Å². The van der Waals surface area contributed by atoms with E-state index in [1.54, 1.807) is 64.1 Å². The number of aliphatic imine (C=N–C) groups is 1. The average Bonchev–Trinajstić information content (AvgIpc) is 1.41. The van der Waals surface area contributed by atoms with Crippen LogP contribution in [0.3, 0.4) is 0 Å². The number of nitrogens with zero attached hydrogens (tertiary/aromatic N) is 16. The van der Waals surface area contributed by atoms with E-state index < -0.39 is 5.60 Å². The van der Waals surface area contributed by atoms with Crippen molar-refractivity contribution in [2.75, 3.05) is 46.9 Å². The third kappa shape index (κ3) is 39.3. The maximum atomic E-state index is 12.1. The number of carbonyl (C=O) groups excluding carboxylic acids is 2. The molecule has 31 heteroatoms. The Morgan fingerprint density at radius 2 is 0.847 bits per heavy atom. The number of halogens is 5. The first kappa shape index (κ1) is 117. The standard InChI is InChI=1S/C28H31N5O3.C23H23N5O.C15H12BrN3.C14H11BrN4.C13H11BrN2O.C6H6BrN.C5H4.C4H6.C3H4.C2H2.B.ClH/c1-19-7-6-8-24(31-19)26-23(18-30-32-26)21-13-14-29-25(17-21)20-9-11-22(12-10-20)35-16-15-33(5)27(34)36-28(2,3)4;1-16-4-3-5-21(27-16)23-20(15-26-28-23)18-10-11-25-22(14-18)17-6-8-19(9-7-17)29-13-12-24-2;1-10-3-2-4-13(19-10)15-12(6-8-18-15)11-5-7-17-14(16)9-11;1-9-3-2-4-12(18-9)14-11(8-17-19-14)10-5-6-16-13(15)7-10;1-9-3-2-4-11(16-9)12(17)7-10-5-6-15-13(14)8-10;1-5-2-3-8-6(7)4-5;1-3-5-4-2;1-3-4-2;1-3-2;1-2;;/h6-14,17-18H,15-16H2,1-5H3,(H,30,32);3-11,14-15,24H,12-13H2,1-2H3,(H,26,28);2-7,9H,8H2,1H3;2-8H,1H3,(H,17,19);2-6,8H,7H2,1H3;2-4H,1H3;1H,2H3;1-2H3;1H,2H3;1-2H;;1H. The van der Waals surface area contributed by atoms with Gasteiger partial charge in [0.05, 0.1) is 88.6 Å². The molecule has 0 unspecified atom stereocenters. The van der Waals surface area contributed by atoms with E-state index in [1.807, 2.05) is 302 Å². The summed E-state index contributed by atoms with van der Waals surface area (Å²) in [5.74, 6) is 16.3. The summed E-state index contributed by atoms with van der Waals surface area (Å²) in [5.41, 5.74) is 26.1. The minimum atomic E-state index is -0.524. The van der Waals surface area contributed by atoms with E-state index in [2.05, 4.69) is 226 Å². The lowest BCUT2D eigenvalue weighted by Crippen LogP contribution is -2.36. The Kier molecular flexibility index (Phi) is 51.2. The molecule has 0 spiro atoms. The number of pyridine rings is 11. The monoisotopic (exact) mass is 2190 g/mol. The van der Waals surface area contributed by atoms with Crippen molar-refractivity contribution in [3.05, 3.63) is 349 Å². The van der Waals surface area contributed by atoms with Crippen LogP contribution in [0, 0.1) is 103 Å². The number of ether oxygens (including phenoxy) is 3. The number of Topliss-reactive ketones (excluding diaryl/α,β-unsaturated/α-hetero) is 1. The van der Waals surface area contributed by atoms with Crippen LogP contribution in [0.5, 0.6) is 11.5 Å². The summed E-state index contributed by atoms with van der Waals surface area (Å²) >= 11 is 13.3. The van der Waals surface area contributed by atoms with Gasteiger partial charge in [0.1, 0.15) is 54.4 Å². The van der Waals surface area contributed by atoms with E-state index in [0.29, 0.717) is 38.4 Å². The molecular weight excluding hydrogens is 2080 g/mol. The topological polar surface area (TPSA) is 317 Å². The molecule has 4 N–H and O–H groups in total. The molecule has 1 aliphatic rings. The number of allylic oxidation sites excluding steroid dienone is 1. The number of aromatic nitrogens is 17. The third-order valence-electron chi connectivity index (χ3n) is 19.5. The highest BCUT2D eigenvalue weighted by Crippen LogP contribution is 2.36. The molecule has 0 saturated heterocycles. The first-order valence-corrected chi connectivity index (χ1v) is 47.7. The van der Waals surface area contributed by atoms with Crippen molar-refractivity contribution >= 4 is 108 Å². The molecule has 0 saturated carbocycles. The summed E-state index contributed by atoms with van der Waals surface area (Å²) in [6.45, 7) is 27.3. The number of hydrogen-bond acceptors (Lipinski definition) is 21. The van der Waals surface area contributed by atoms with Gasteiger partial charge in [-0.3, -0.25) is 60.0 Å². The maximum absolute atomic E-state index is 12.1. The number of aryl methyl sites for hydroxylation is 6. The predicted molar refractivity (Wildman–Crippen MR) is 596 cm³/mol. The van der Waals surface area contributed by atoms with Crippen LogP contribution in [-0.2, 0) is 11.2 Å². The van der Waals surface area contributed by atoms with Crippen molar-refractivity contribution in [3.8, 4) is 163 Å². The van der Waals surface area contributed by atoms with Gasteiger partial charge in [0.25, 0.3) is 0 Å². The number of amides is 1. The molecular formula is C113H111BBr4ClN20O5. The molecule has 16 aromatic rings. The zero-order valence-electron chi connectivity index (χ0n) is 82.7. The maximum Gasteiger partial charge on any atom is 0.410 e. The number of terminal acetylenes is 3. The van der Waals surface area contributed by atoms with E-state index in [4.69, 9.17) is 20.6 Å². The average molecular weight is 2200 g/mol. The number of aromatic amines is 3. The van der Waals surface area contributed by atoms with Gasteiger partial charge in [-0.15, -0.1) is 55.9 Å². The highest BCUT2D eigenvalue weighted by molar-refractivity contribution is 9.11. The fourth-order valence-electron chi connectivity index (χ4n) is 12.9. The van der Waals surface area contributed by atoms with Gasteiger partial charge in [-0.1, -0.05) is 42.3 Å². The number of carbonyl (C=O) groups is 2. The smallest absolute Gasteiger partial charge is 0.410 e. The van der Waals surface area contributed by atoms with Crippen molar-refractivity contribution < 1.29 is 23.8 Å². The van der Waals surface area contributed by atoms with Crippen LogP contribution in [0.15, 0.2) is 298 Å². The molecule has 17 rings (SSSR count). The number of H-pyrrole nitrogens is 3. The lowest BCUT2D eigenvalue weighted by molar-refractivity contribution is 0.0278. The molecule has 144 heavy (non-hydrogen) atoms. The Hall–Kier alpha value is -15.3. The fourth-order valence-corrected chi connectivity index (χ4v) is 14.5. The Bertz CT molecular complexity index is 6970. The van der Waals surface area contributed by atoms with Crippen LogP contribution in [0.1, 0.15) is 110 Å². The quantitative estimate of drug-likeness (QED) is 0.0171. The van der Waals surface area contributed by atoms with Gasteiger partial charge in [0.2, 0.25) is 0 Å². The van der Waals surface area contributed by atoms with Gasteiger partial charge < -0.3 is 24.4 Å². The Balaban J connectivity index is 0.000000266. The molecule has 0 bridgehead atoms. The zero-order valence-corrected chi connectivity index (χ0v) is 89.9. The number of benzene rings is 2. The largest absolute Gasteiger partial charge is 0.492 e. The van der Waals surface area contributed by atoms with Gasteiger partial charge >= 0.3 is 6.09 Å². The van der Waals surface area contributed by atoms with Gasteiger partial charge in [-0.05, 0) is 388 Å². The van der Waals surface area contributed by atoms with E-state index in [-0.39, 0.29) is 32.7 Å². The Labute approximate surface area is 886 Å². The second-order valence-corrected chi connectivity index (χ2v) is 34.7. The van der Waals surface area contributed by atoms with E-state index in [1.165, 1.54) is 10.5 Å². The van der Waals surface area contributed by atoms with Crippen LogP contribution in [0.2, 0.25) is 0 Å². The molecule has 0 aliphatic carbocycles. The lowest BCUT2D eigenvalue weighted by Gasteiger charge is -2.24. The molecule has 1 amide bonds. The second-order valence-electron chi connectivity index (χ2n) is 31.5. The molecule has 731 valence electrons. The molecule has 0 atom stereocenters. The van der Waals surface area contributed by atoms with Gasteiger partial charge in [-0.2, -0.15) is 15.3 Å². The fraction of sp³-hybridized carbons (Fsp3) is 0.195. The van der Waals surface area contributed by atoms with Crippen molar-refractivity contribution in [1.29, 1.82) is 0 Å². The van der Waals surface area contributed by atoms with E-state index in [0.717, 1.165) is 183 Å². The summed E-state index contributed by atoms with van der Waals surface area (Å²) in [6, 6.07) is 68.6. The van der Waals surface area contributed by atoms with Gasteiger partial charge in [0, 0.05) is 127 Å². The van der Waals surface area contributed by atoms with Crippen molar-refractivity contribution in [2.24, 2.45) is 4.99 Å². The summed E-state index contributed by atoms with van der Waals surface area (Å²) in [7, 11) is 3.60. The Morgan fingerprint density at radius 1 is 0.458 bits per heavy atom. The summed E-state index contributed by atoms with van der Waals surface area (Å²) in [5, 5.41) is 24.9.